The van der Waals surface area contributed by atoms with E-state index in [1.54, 1.807) is 12.1 Å². The Bertz CT molecular complexity index is 685. The maximum Gasteiger partial charge on any atom is 0.223 e. The lowest BCUT2D eigenvalue weighted by molar-refractivity contribution is -0.123. The number of amides is 1. The third kappa shape index (κ3) is 3.57. The normalized spacial score (nSPS) is 25.7. The van der Waals surface area contributed by atoms with E-state index in [-0.39, 0.29) is 40.5 Å². The van der Waals surface area contributed by atoms with Crippen LogP contribution < -0.4 is 5.32 Å². The van der Waals surface area contributed by atoms with E-state index in [4.69, 9.17) is 0 Å². The Labute approximate surface area is 136 Å². The van der Waals surface area contributed by atoms with E-state index in [0.717, 1.165) is 12.0 Å². The zero-order chi connectivity index (χ0) is 16.7. The summed E-state index contributed by atoms with van der Waals surface area (Å²) >= 11 is 0. The topological polar surface area (TPSA) is 63.2 Å². The second kappa shape index (κ2) is 5.89. The molecule has 0 radical (unpaired) electrons. The zero-order valence-electron chi connectivity index (χ0n) is 13.2. The molecule has 23 heavy (non-hydrogen) atoms. The number of hydrogen-bond acceptors (Lipinski definition) is 3. The molecule has 1 heterocycles. The van der Waals surface area contributed by atoms with Gasteiger partial charge in [0.1, 0.15) is 15.7 Å². The summed E-state index contributed by atoms with van der Waals surface area (Å²) in [7, 11) is -2.89. The number of halogens is 1. The lowest BCUT2D eigenvalue weighted by Crippen LogP contribution is -2.33. The monoisotopic (exact) mass is 339 g/mol. The Morgan fingerprint density at radius 1 is 1.30 bits per heavy atom. The highest BCUT2D eigenvalue weighted by molar-refractivity contribution is 7.91. The third-order valence-corrected chi connectivity index (χ3v) is 7.00. The number of sulfone groups is 1. The van der Waals surface area contributed by atoms with E-state index >= 15 is 0 Å². The molecule has 0 unspecified atom stereocenters. The molecule has 1 aliphatic carbocycles. The predicted octanol–water partition coefficient (Wildman–Crippen LogP) is 2.26. The summed E-state index contributed by atoms with van der Waals surface area (Å²) in [6.45, 7) is 2.50. The molecule has 1 N–H and O–H groups in total. The molecule has 1 aromatic rings. The lowest BCUT2D eigenvalue weighted by atomic mass is 9.95. The van der Waals surface area contributed by atoms with Crippen molar-refractivity contribution in [2.45, 2.75) is 32.1 Å². The molecule has 1 saturated carbocycles. The minimum Gasteiger partial charge on any atom is -0.355 e. The van der Waals surface area contributed by atoms with Crippen molar-refractivity contribution in [3.8, 4) is 0 Å². The van der Waals surface area contributed by atoms with Crippen LogP contribution in [0.25, 0.3) is 0 Å². The molecule has 1 aromatic carbocycles. The molecule has 6 heteroatoms. The third-order valence-electron chi connectivity index (χ3n) is 5.35. The van der Waals surface area contributed by atoms with Gasteiger partial charge in [0.05, 0.1) is 11.5 Å². The molecular formula is C17H22FNO3S. The van der Waals surface area contributed by atoms with Crippen LogP contribution in [-0.2, 0) is 14.6 Å². The summed E-state index contributed by atoms with van der Waals surface area (Å²) in [5, 5.41) is 2.97. The Hall–Kier alpha value is -1.43. The van der Waals surface area contributed by atoms with Gasteiger partial charge < -0.3 is 5.32 Å². The minimum absolute atomic E-state index is 0.0262. The van der Waals surface area contributed by atoms with E-state index in [2.05, 4.69) is 5.32 Å². The molecule has 2 atom stereocenters. The van der Waals surface area contributed by atoms with Gasteiger partial charge in [0, 0.05) is 12.5 Å². The van der Waals surface area contributed by atoms with Crippen LogP contribution in [0.5, 0.6) is 0 Å². The Morgan fingerprint density at radius 2 is 1.91 bits per heavy atom. The number of carbonyl (C=O) groups excluding carboxylic acids is 1. The van der Waals surface area contributed by atoms with E-state index in [1.807, 2.05) is 6.92 Å². The molecule has 2 aliphatic rings. The van der Waals surface area contributed by atoms with Gasteiger partial charge in [0.25, 0.3) is 0 Å². The Kier molecular flexibility index (Phi) is 4.21. The van der Waals surface area contributed by atoms with Gasteiger partial charge in [-0.3, -0.25) is 4.79 Å². The maximum absolute atomic E-state index is 12.9. The van der Waals surface area contributed by atoms with Crippen LogP contribution in [0.15, 0.2) is 24.3 Å². The Balaban J connectivity index is 1.50. The van der Waals surface area contributed by atoms with E-state index in [0.29, 0.717) is 19.4 Å². The first-order valence-corrected chi connectivity index (χ1v) is 9.87. The summed E-state index contributed by atoms with van der Waals surface area (Å²) in [6.07, 6.45) is 2.03. The van der Waals surface area contributed by atoms with Crippen molar-refractivity contribution in [1.82, 2.24) is 5.32 Å². The second-order valence-electron chi connectivity index (χ2n) is 6.97. The van der Waals surface area contributed by atoms with Crippen molar-refractivity contribution in [2.24, 2.45) is 11.3 Å². The molecule has 4 nitrogen and oxygen atoms in total. The molecule has 3 rings (SSSR count). The van der Waals surface area contributed by atoms with Gasteiger partial charge >= 0.3 is 0 Å². The molecule has 1 spiro atoms. The summed E-state index contributed by atoms with van der Waals surface area (Å²) in [5.74, 6) is 0.251. The average molecular weight is 339 g/mol. The molecule has 0 bridgehead atoms. The van der Waals surface area contributed by atoms with Gasteiger partial charge in [0.15, 0.2) is 0 Å². The molecule has 2 fully saturated rings. The largest absolute Gasteiger partial charge is 0.355 e. The number of rotatable bonds is 4. The molecule has 126 valence electrons. The molecule has 1 amide bonds. The van der Waals surface area contributed by atoms with Crippen LogP contribution in [0.1, 0.15) is 37.7 Å². The maximum atomic E-state index is 12.9. The van der Waals surface area contributed by atoms with Crippen LogP contribution in [0, 0.1) is 17.2 Å². The standard InChI is InChI=1S/C17H22FNO3S/c1-12(13-2-4-14(18)5-3-13)11-19-16(20)15-10-17(15)6-8-23(21,22)9-7-17/h2-5,12,15H,6-11H2,1H3,(H,19,20)/t12-,15-/m1/s1. The highest BCUT2D eigenvalue weighted by Crippen LogP contribution is 2.59. The number of benzene rings is 1. The molecule has 1 aliphatic heterocycles. The highest BCUT2D eigenvalue weighted by Gasteiger charge is 2.59. The van der Waals surface area contributed by atoms with Crippen molar-refractivity contribution in [3.05, 3.63) is 35.6 Å². The predicted molar refractivity (Wildman–Crippen MR) is 86.3 cm³/mol. The van der Waals surface area contributed by atoms with Crippen LogP contribution in [-0.4, -0.2) is 32.4 Å². The first-order valence-electron chi connectivity index (χ1n) is 8.05. The summed E-state index contributed by atoms with van der Waals surface area (Å²) in [4.78, 5) is 12.3. The van der Waals surface area contributed by atoms with Crippen LogP contribution >= 0.6 is 0 Å². The van der Waals surface area contributed by atoms with E-state index in [9.17, 15) is 17.6 Å². The fraction of sp³-hybridized carbons (Fsp3) is 0.588. The zero-order valence-corrected chi connectivity index (χ0v) is 14.0. The SMILES string of the molecule is C[C@H](CNC(=O)[C@H]1CC12CCS(=O)(=O)CC2)c1ccc(F)cc1. The van der Waals surface area contributed by atoms with Crippen molar-refractivity contribution in [3.63, 3.8) is 0 Å². The summed E-state index contributed by atoms with van der Waals surface area (Å²) < 4.78 is 35.9. The van der Waals surface area contributed by atoms with Crippen molar-refractivity contribution in [1.29, 1.82) is 0 Å². The summed E-state index contributed by atoms with van der Waals surface area (Å²) in [5.41, 5.74) is 0.912. The highest BCUT2D eigenvalue weighted by atomic mass is 32.2. The Morgan fingerprint density at radius 3 is 2.52 bits per heavy atom. The number of carbonyl (C=O) groups is 1. The fourth-order valence-corrected chi connectivity index (χ4v) is 5.14. The van der Waals surface area contributed by atoms with E-state index in [1.165, 1.54) is 12.1 Å². The molecule has 1 saturated heterocycles. The smallest absolute Gasteiger partial charge is 0.223 e. The second-order valence-corrected chi connectivity index (χ2v) is 9.27. The van der Waals surface area contributed by atoms with Gasteiger partial charge in [-0.05, 0) is 48.3 Å². The fourth-order valence-electron chi connectivity index (χ4n) is 3.50. The molecule has 0 aromatic heterocycles. The lowest BCUT2D eigenvalue weighted by Gasteiger charge is -2.22. The van der Waals surface area contributed by atoms with E-state index < -0.39 is 9.84 Å². The van der Waals surface area contributed by atoms with Crippen molar-refractivity contribution >= 4 is 15.7 Å². The van der Waals surface area contributed by atoms with Crippen LogP contribution in [0.2, 0.25) is 0 Å². The van der Waals surface area contributed by atoms with Gasteiger partial charge in [-0.15, -0.1) is 0 Å². The minimum atomic E-state index is -2.89. The van der Waals surface area contributed by atoms with Gasteiger partial charge in [0.2, 0.25) is 5.91 Å². The molecular weight excluding hydrogens is 317 g/mol. The summed E-state index contributed by atoms with van der Waals surface area (Å²) in [6, 6.07) is 6.31. The van der Waals surface area contributed by atoms with Crippen LogP contribution in [0.4, 0.5) is 4.39 Å². The number of hydrogen-bond donors (Lipinski definition) is 1. The van der Waals surface area contributed by atoms with Gasteiger partial charge in [-0.2, -0.15) is 0 Å². The first kappa shape index (κ1) is 16.4. The van der Waals surface area contributed by atoms with Crippen molar-refractivity contribution in [2.75, 3.05) is 18.1 Å². The quantitative estimate of drug-likeness (QED) is 0.915. The number of nitrogens with one attached hydrogen (secondary N) is 1. The van der Waals surface area contributed by atoms with Gasteiger partial charge in [-0.1, -0.05) is 19.1 Å². The van der Waals surface area contributed by atoms with Gasteiger partial charge in [-0.25, -0.2) is 12.8 Å². The first-order chi connectivity index (χ1) is 10.8. The van der Waals surface area contributed by atoms with Crippen LogP contribution in [0.3, 0.4) is 0 Å². The van der Waals surface area contributed by atoms with Crippen molar-refractivity contribution < 1.29 is 17.6 Å². The average Bonchev–Trinajstić information content (AvgIpc) is 3.23.